The Kier molecular flexibility index (Phi) is 5.00. The molecule has 0 unspecified atom stereocenters. The van der Waals surface area contributed by atoms with Gasteiger partial charge in [0.15, 0.2) is 0 Å². The molecule has 0 bridgehead atoms. The quantitative estimate of drug-likeness (QED) is 0.385. The van der Waals surface area contributed by atoms with Crippen LogP contribution in [0.4, 0.5) is 22.0 Å². The van der Waals surface area contributed by atoms with Crippen molar-refractivity contribution in [1.82, 2.24) is 0 Å². The van der Waals surface area contributed by atoms with Gasteiger partial charge in [0.25, 0.3) is 0 Å². The van der Waals surface area contributed by atoms with E-state index in [-0.39, 0.29) is 4.88 Å². The highest BCUT2D eigenvalue weighted by Crippen LogP contribution is 2.41. The second kappa shape index (κ2) is 7.32. The van der Waals surface area contributed by atoms with E-state index in [0.29, 0.717) is 28.4 Å². The van der Waals surface area contributed by atoms with Gasteiger partial charge >= 0.3 is 6.18 Å². The summed E-state index contributed by atoms with van der Waals surface area (Å²) in [7, 11) is 0. The molecule has 0 N–H and O–H groups in total. The Balaban J connectivity index is 1.65. The van der Waals surface area contributed by atoms with Crippen molar-refractivity contribution >= 4 is 11.3 Å². The van der Waals surface area contributed by atoms with Crippen LogP contribution in [0.1, 0.15) is 42.0 Å². The van der Waals surface area contributed by atoms with Gasteiger partial charge in [-0.05, 0) is 59.7 Å². The maximum absolute atomic E-state index is 14.6. The highest BCUT2D eigenvalue weighted by molar-refractivity contribution is 7.15. The third kappa shape index (κ3) is 3.70. The fraction of sp³-hybridized carbons (Fsp3) is 0.273. The third-order valence-corrected chi connectivity index (χ3v) is 6.39. The third-order valence-electron chi connectivity index (χ3n) is 5.24. The van der Waals surface area contributed by atoms with Crippen LogP contribution in [-0.2, 0) is 6.18 Å². The predicted octanol–water partition coefficient (Wildman–Crippen LogP) is 8.04. The van der Waals surface area contributed by atoms with Gasteiger partial charge in [-0.1, -0.05) is 37.1 Å². The van der Waals surface area contributed by atoms with Gasteiger partial charge in [0, 0.05) is 4.88 Å². The van der Waals surface area contributed by atoms with E-state index < -0.39 is 28.3 Å². The first-order valence-corrected chi connectivity index (χ1v) is 9.91. The molecule has 0 aliphatic heterocycles. The molecule has 146 valence electrons. The summed E-state index contributed by atoms with van der Waals surface area (Å²) in [6.45, 7) is 0. The van der Waals surface area contributed by atoms with E-state index in [1.807, 2.05) is 24.3 Å². The van der Waals surface area contributed by atoms with Gasteiger partial charge in [0.2, 0.25) is 0 Å². The van der Waals surface area contributed by atoms with Crippen molar-refractivity contribution in [3.8, 4) is 21.6 Å². The Morgan fingerprint density at radius 3 is 1.93 bits per heavy atom. The number of thiophene rings is 1. The first kappa shape index (κ1) is 19.1. The normalized spacial score (nSPS) is 15.3. The molecule has 4 rings (SSSR count). The number of benzene rings is 2. The Morgan fingerprint density at radius 2 is 1.39 bits per heavy atom. The smallest absolute Gasteiger partial charge is 0.206 e. The van der Waals surface area contributed by atoms with Crippen LogP contribution >= 0.6 is 11.3 Å². The van der Waals surface area contributed by atoms with Crippen LogP contribution in [-0.4, -0.2) is 0 Å². The lowest BCUT2D eigenvalue weighted by Gasteiger charge is -2.11. The first-order valence-electron chi connectivity index (χ1n) is 9.10. The van der Waals surface area contributed by atoms with E-state index in [2.05, 4.69) is 0 Å². The molecule has 1 saturated carbocycles. The van der Waals surface area contributed by atoms with Crippen LogP contribution in [0.3, 0.4) is 0 Å². The van der Waals surface area contributed by atoms with E-state index in [1.54, 1.807) is 0 Å². The lowest BCUT2D eigenvalue weighted by molar-refractivity contribution is -0.134. The fourth-order valence-corrected chi connectivity index (χ4v) is 4.73. The predicted molar refractivity (Wildman–Crippen MR) is 101 cm³/mol. The minimum absolute atomic E-state index is 0.0783. The molecule has 1 aliphatic rings. The Morgan fingerprint density at radius 1 is 0.786 bits per heavy atom. The molecule has 1 aromatic heterocycles. The molecular formula is C22H17F5S. The molecule has 28 heavy (non-hydrogen) atoms. The topological polar surface area (TPSA) is 0 Å². The van der Waals surface area contributed by atoms with E-state index in [1.165, 1.54) is 30.5 Å². The van der Waals surface area contributed by atoms with Gasteiger partial charge in [-0.25, -0.2) is 8.78 Å². The van der Waals surface area contributed by atoms with Crippen molar-refractivity contribution in [3.05, 3.63) is 70.6 Å². The molecule has 0 atom stereocenters. The molecular weight excluding hydrogens is 391 g/mol. The standard InChI is InChI=1S/C22H17F5S/c23-17-11-16(15-7-5-14(6-8-15)13-3-1-2-4-13)12-18(24)21(17)19-9-10-20(28-19)22(25,26)27/h5-13H,1-4H2. The summed E-state index contributed by atoms with van der Waals surface area (Å²) in [6, 6.07) is 12.0. The summed E-state index contributed by atoms with van der Waals surface area (Å²) in [6.07, 6.45) is 0.249. The second-order valence-corrected chi connectivity index (χ2v) is 8.16. The molecule has 0 radical (unpaired) electrons. The zero-order valence-electron chi connectivity index (χ0n) is 14.8. The van der Waals surface area contributed by atoms with Gasteiger partial charge in [-0.2, -0.15) is 13.2 Å². The van der Waals surface area contributed by atoms with Crippen LogP contribution < -0.4 is 0 Å². The molecule has 1 heterocycles. The van der Waals surface area contributed by atoms with E-state index >= 15 is 0 Å². The molecule has 0 amide bonds. The minimum atomic E-state index is -4.53. The number of rotatable bonds is 3. The summed E-state index contributed by atoms with van der Waals surface area (Å²) in [5.74, 6) is -1.19. The maximum atomic E-state index is 14.6. The highest BCUT2D eigenvalue weighted by atomic mass is 32.1. The molecule has 2 aromatic carbocycles. The highest BCUT2D eigenvalue weighted by Gasteiger charge is 2.33. The van der Waals surface area contributed by atoms with Crippen molar-refractivity contribution in [1.29, 1.82) is 0 Å². The molecule has 1 aliphatic carbocycles. The lowest BCUT2D eigenvalue weighted by atomic mass is 9.94. The Bertz CT molecular complexity index is 956. The lowest BCUT2D eigenvalue weighted by Crippen LogP contribution is -2.00. The average molecular weight is 408 g/mol. The van der Waals surface area contributed by atoms with Crippen molar-refractivity contribution in [3.63, 3.8) is 0 Å². The van der Waals surface area contributed by atoms with E-state index in [4.69, 9.17) is 0 Å². The summed E-state index contributed by atoms with van der Waals surface area (Å²) in [5.41, 5.74) is 1.85. The van der Waals surface area contributed by atoms with Crippen molar-refractivity contribution < 1.29 is 22.0 Å². The second-order valence-electron chi connectivity index (χ2n) is 7.08. The van der Waals surface area contributed by atoms with Gasteiger partial charge < -0.3 is 0 Å². The van der Waals surface area contributed by atoms with Crippen molar-refractivity contribution in [2.45, 2.75) is 37.8 Å². The monoisotopic (exact) mass is 408 g/mol. The fourth-order valence-electron chi connectivity index (χ4n) is 3.81. The van der Waals surface area contributed by atoms with Crippen molar-refractivity contribution in [2.75, 3.05) is 0 Å². The van der Waals surface area contributed by atoms with E-state index in [0.717, 1.165) is 25.0 Å². The molecule has 1 fully saturated rings. The zero-order chi connectivity index (χ0) is 19.9. The van der Waals surface area contributed by atoms with Gasteiger partial charge in [0.05, 0.1) is 5.56 Å². The van der Waals surface area contributed by atoms with Gasteiger partial charge in [-0.15, -0.1) is 11.3 Å². The molecule has 0 nitrogen and oxygen atoms in total. The molecule has 0 saturated heterocycles. The molecule has 0 spiro atoms. The van der Waals surface area contributed by atoms with Crippen LogP contribution in [0.25, 0.3) is 21.6 Å². The van der Waals surface area contributed by atoms with Crippen LogP contribution in [0.15, 0.2) is 48.5 Å². The van der Waals surface area contributed by atoms with Crippen LogP contribution in [0, 0.1) is 11.6 Å². The molecule has 3 aromatic rings. The summed E-state index contributed by atoms with van der Waals surface area (Å²) in [5, 5.41) is 0. The van der Waals surface area contributed by atoms with E-state index in [9.17, 15) is 22.0 Å². The summed E-state index contributed by atoms with van der Waals surface area (Å²) in [4.78, 5) is -0.960. The maximum Gasteiger partial charge on any atom is 0.425 e. The van der Waals surface area contributed by atoms with Crippen molar-refractivity contribution in [2.24, 2.45) is 0 Å². The first-order chi connectivity index (χ1) is 13.3. The van der Waals surface area contributed by atoms with Crippen LogP contribution in [0.2, 0.25) is 0 Å². The van der Waals surface area contributed by atoms with Gasteiger partial charge in [-0.3, -0.25) is 0 Å². The van der Waals surface area contributed by atoms with Crippen LogP contribution in [0.5, 0.6) is 0 Å². The number of hydrogen-bond acceptors (Lipinski definition) is 1. The van der Waals surface area contributed by atoms with Gasteiger partial charge in [0.1, 0.15) is 16.5 Å². The number of alkyl halides is 3. The number of hydrogen-bond donors (Lipinski definition) is 0. The summed E-state index contributed by atoms with van der Waals surface area (Å²) < 4.78 is 67.5. The number of halogens is 5. The molecule has 6 heteroatoms. The SMILES string of the molecule is Fc1cc(-c2ccc(C3CCCC3)cc2)cc(F)c1-c1ccc(C(F)(F)F)s1. The zero-order valence-corrected chi connectivity index (χ0v) is 15.6. The average Bonchev–Trinajstić information content (AvgIpc) is 3.33. The Hall–Kier alpha value is -2.21. The summed E-state index contributed by atoms with van der Waals surface area (Å²) >= 11 is 0.334. The largest absolute Gasteiger partial charge is 0.425 e. The Labute approximate surface area is 163 Å². The minimum Gasteiger partial charge on any atom is -0.206 e.